The molecular weight excluding hydrogens is 324 g/mol. The van der Waals surface area contributed by atoms with Gasteiger partial charge in [0.2, 0.25) is 5.91 Å². The number of carbonyl (C=O) groups excluding carboxylic acids is 1. The van der Waals surface area contributed by atoms with Crippen LogP contribution in [0.1, 0.15) is 49.8 Å². The molecule has 0 spiro atoms. The van der Waals surface area contributed by atoms with Gasteiger partial charge in [0.25, 0.3) is 0 Å². The highest BCUT2D eigenvalue weighted by Gasteiger charge is 2.17. The topological polar surface area (TPSA) is 72.9 Å². The van der Waals surface area contributed by atoms with Crippen molar-refractivity contribution in [2.75, 3.05) is 6.54 Å². The quantitative estimate of drug-likeness (QED) is 0.765. The van der Waals surface area contributed by atoms with Crippen LogP contribution in [0.4, 0.5) is 0 Å². The maximum Gasteiger partial charge on any atom is 0.237 e. The number of hydrogen-bond donors (Lipinski definition) is 2. The molecule has 0 radical (unpaired) electrons. The van der Waals surface area contributed by atoms with Crippen molar-refractivity contribution in [2.24, 2.45) is 11.7 Å². The molecule has 1 amide bonds. The van der Waals surface area contributed by atoms with Gasteiger partial charge in [0.1, 0.15) is 0 Å². The van der Waals surface area contributed by atoms with Crippen LogP contribution in [0.3, 0.4) is 0 Å². The van der Waals surface area contributed by atoms with Crippen LogP contribution in [-0.2, 0) is 17.8 Å². The Hall–Kier alpha value is -2.14. The van der Waals surface area contributed by atoms with E-state index in [1.54, 1.807) is 6.33 Å². The minimum Gasteiger partial charge on any atom is -0.355 e. The lowest BCUT2D eigenvalue weighted by molar-refractivity contribution is -0.122. The molecule has 1 atom stereocenters. The summed E-state index contributed by atoms with van der Waals surface area (Å²) in [7, 11) is 0. The molecule has 0 bridgehead atoms. The van der Waals surface area contributed by atoms with Gasteiger partial charge in [-0.2, -0.15) is 0 Å². The van der Waals surface area contributed by atoms with Crippen LogP contribution in [0.25, 0.3) is 0 Å². The zero-order valence-electron chi connectivity index (χ0n) is 15.4. The Morgan fingerprint density at radius 3 is 2.77 bits per heavy atom. The fourth-order valence-electron chi connectivity index (χ4n) is 3.72. The first-order valence-electron chi connectivity index (χ1n) is 9.78. The minimum atomic E-state index is -0.540. The Labute approximate surface area is 156 Å². The van der Waals surface area contributed by atoms with E-state index in [0.717, 1.165) is 31.1 Å². The number of nitrogens with zero attached hydrogens (tertiary/aromatic N) is 2. The molecule has 2 aromatic rings. The Kier molecular flexibility index (Phi) is 6.83. The molecule has 1 aromatic carbocycles. The maximum atomic E-state index is 12.2. The summed E-state index contributed by atoms with van der Waals surface area (Å²) in [5.74, 6) is 0.701. The first-order valence-corrected chi connectivity index (χ1v) is 9.78. The zero-order chi connectivity index (χ0) is 18.2. The van der Waals surface area contributed by atoms with E-state index in [1.807, 2.05) is 29.0 Å². The summed E-state index contributed by atoms with van der Waals surface area (Å²) in [6, 6.07) is 9.70. The molecular formula is C21H30N4O. The molecule has 5 heteroatoms. The van der Waals surface area contributed by atoms with Crippen molar-refractivity contribution in [3.63, 3.8) is 0 Å². The summed E-state index contributed by atoms with van der Waals surface area (Å²) < 4.78 is 2.03. The van der Waals surface area contributed by atoms with E-state index >= 15 is 0 Å². The Morgan fingerprint density at radius 1 is 1.23 bits per heavy atom. The summed E-state index contributed by atoms with van der Waals surface area (Å²) in [6.07, 6.45) is 12.0. The monoisotopic (exact) mass is 354 g/mol. The number of nitrogens with one attached hydrogen (secondary N) is 1. The average molecular weight is 354 g/mol. The molecule has 0 aliphatic heterocycles. The van der Waals surface area contributed by atoms with Gasteiger partial charge in [-0.25, -0.2) is 4.98 Å². The van der Waals surface area contributed by atoms with Crippen molar-refractivity contribution in [1.82, 2.24) is 14.9 Å². The van der Waals surface area contributed by atoms with Crippen LogP contribution in [0.5, 0.6) is 0 Å². The fourth-order valence-corrected chi connectivity index (χ4v) is 3.72. The van der Waals surface area contributed by atoms with Crippen LogP contribution >= 0.6 is 0 Å². The molecule has 140 valence electrons. The zero-order valence-corrected chi connectivity index (χ0v) is 15.4. The van der Waals surface area contributed by atoms with E-state index in [9.17, 15) is 4.79 Å². The predicted molar refractivity (Wildman–Crippen MR) is 104 cm³/mol. The smallest absolute Gasteiger partial charge is 0.237 e. The number of hydrogen-bond acceptors (Lipinski definition) is 3. The fraction of sp³-hybridized carbons (Fsp3) is 0.524. The molecule has 0 saturated heterocycles. The summed E-state index contributed by atoms with van der Waals surface area (Å²) in [5.41, 5.74) is 8.15. The summed E-state index contributed by atoms with van der Waals surface area (Å²) in [5, 5.41) is 3.00. The van der Waals surface area contributed by atoms with Crippen molar-refractivity contribution in [1.29, 1.82) is 0 Å². The van der Waals surface area contributed by atoms with Gasteiger partial charge in [-0.3, -0.25) is 4.79 Å². The average Bonchev–Trinajstić information content (AvgIpc) is 3.10. The number of aromatic nitrogens is 2. The summed E-state index contributed by atoms with van der Waals surface area (Å²) in [4.78, 5) is 16.6. The minimum absolute atomic E-state index is 0.0709. The van der Waals surface area contributed by atoms with Crippen LogP contribution < -0.4 is 11.1 Å². The van der Waals surface area contributed by atoms with Crippen molar-refractivity contribution in [2.45, 2.75) is 57.5 Å². The molecule has 5 nitrogen and oxygen atoms in total. The molecule has 1 fully saturated rings. The number of rotatable bonds is 8. The Morgan fingerprint density at radius 2 is 2.00 bits per heavy atom. The Balaban J connectivity index is 1.41. The standard InChI is InChI=1S/C21H30N4O/c22-20(21(26)23-12-11-17-7-3-1-4-8-17)13-19-15-25(16-24-19)14-18-9-5-2-6-10-18/h2,5-6,9-10,15-17,20H,1,3-4,7-8,11-14,22H2,(H,23,26)/t20-/m0/s1. The van der Waals surface area contributed by atoms with Crippen molar-refractivity contribution >= 4 is 5.91 Å². The second-order valence-corrected chi connectivity index (χ2v) is 7.42. The first-order chi connectivity index (χ1) is 12.7. The van der Waals surface area contributed by atoms with Gasteiger partial charge in [-0.05, 0) is 17.9 Å². The summed E-state index contributed by atoms with van der Waals surface area (Å²) >= 11 is 0. The number of benzene rings is 1. The largest absolute Gasteiger partial charge is 0.355 e. The third-order valence-electron chi connectivity index (χ3n) is 5.24. The third kappa shape index (κ3) is 5.70. The van der Waals surface area contributed by atoms with Gasteiger partial charge in [0, 0.05) is 25.7 Å². The normalized spacial score (nSPS) is 16.3. The molecule has 3 N–H and O–H groups in total. The van der Waals surface area contributed by atoms with Crippen molar-refractivity contribution in [3.05, 3.63) is 54.1 Å². The lowest BCUT2D eigenvalue weighted by Crippen LogP contribution is -2.42. The van der Waals surface area contributed by atoms with Gasteiger partial charge in [0.05, 0.1) is 18.1 Å². The van der Waals surface area contributed by atoms with Gasteiger partial charge in [-0.15, -0.1) is 0 Å². The third-order valence-corrected chi connectivity index (χ3v) is 5.24. The van der Waals surface area contributed by atoms with Crippen LogP contribution in [-0.4, -0.2) is 28.0 Å². The van der Waals surface area contributed by atoms with Gasteiger partial charge in [0.15, 0.2) is 0 Å². The van der Waals surface area contributed by atoms with E-state index < -0.39 is 6.04 Å². The highest BCUT2D eigenvalue weighted by Crippen LogP contribution is 2.25. The van der Waals surface area contributed by atoms with Crippen molar-refractivity contribution < 1.29 is 4.79 Å². The van der Waals surface area contributed by atoms with E-state index in [4.69, 9.17) is 5.73 Å². The van der Waals surface area contributed by atoms with E-state index in [2.05, 4.69) is 22.4 Å². The number of nitrogens with two attached hydrogens (primary N) is 1. The maximum absolute atomic E-state index is 12.2. The van der Waals surface area contributed by atoms with Gasteiger partial charge < -0.3 is 15.6 Å². The molecule has 3 rings (SSSR count). The second kappa shape index (κ2) is 9.53. The number of carbonyl (C=O) groups is 1. The second-order valence-electron chi connectivity index (χ2n) is 7.42. The lowest BCUT2D eigenvalue weighted by Gasteiger charge is -2.21. The molecule has 1 aromatic heterocycles. The Bertz CT molecular complexity index is 676. The number of imidazole rings is 1. The predicted octanol–water partition coefficient (Wildman–Crippen LogP) is 2.89. The SMILES string of the molecule is N[C@@H](Cc1cn(Cc2ccccc2)cn1)C(=O)NCCC1CCCCC1. The van der Waals surface area contributed by atoms with E-state index in [0.29, 0.717) is 6.42 Å². The molecule has 0 unspecified atom stereocenters. The molecule has 26 heavy (non-hydrogen) atoms. The number of amides is 1. The highest BCUT2D eigenvalue weighted by atomic mass is 16.2. The summed E-state index contributed by atoms with van der Waals surface area (Å²) in [6.45, 7) is 1.51. The molecule has 1 aliphatic carbocycles. The van der Waals surface area contributed by atoms with Crippen molar-refractivity contribution in [3.8, 4) is 0 Å². The van der Waals surface area contributed by atoms with Gasteiger partial charge in [-0.1, -0.05) is 62.4 Å². The van der Waals surface area contributed by atoms with E-state index in [1.165, 1.54) is 37.7 Å². The first kappa shape index (κ1) is 18.6. The van der Waals surface area contributed by atoms with Crippen LogP contribution in [0.15, 0.2) is 42.9 Å². The van der Waals surface area contributed by atoms with Crippen LogP contribution in [0.2, 0.25) is 0 Å². The lowest BCUT2D eigenvalue weighted by atomic mass is 9.87. The van der Waals surface area contributed by atoms with Crippen LogP contribution in [0, 0.1) is 5.92 Å². The molecule has 1 aliphatic rings. The highest BCUT2D eigenvalue weighted by molar-refractivity contribution is 5.81. The molecule has 1 saturated carbocycles. The van der Waals surface area contributed by atoms with E-state index in [-0.39, 0.29) is 5.91 Å². The van der Waals surface area contributed by atoms with Gasteiger partial charge >= 0.3 is 0 Å². The molecule has 1 heterocycles.